The maximum absolute atomic E-state index is 12.3. The van der Waals surface area contributed by atoms with Crippen molar-refractivity contribution in [3.8, 4) is 5.69 Å². The monoisotopic (exact) mass is 408 g/mol. The maximum Gasteiger partial charge on any atom is 0.234 e. The summed E-state index contributed by atoms with van der Waals surface area (Å²) in [6.07, 6.45) is 1.48. The quantitative estimate of drug-likeness (QED) is 0.631. The summed E-state index contributed by atoms with van der Waals surface area (Å²) in [7, 11) is 0. The Morgan fingerprint density at radius 2 is 1.97 bits per heavy atom. The van der Waals surface area contributed by atoms with E-state index in [0.717, 1.165) is 29.9 Å². The van der Waals surface area contributed by atoms with E-state index in [1.54, 1.807) is 21.7 Å². The van der Waals surface area contributed by atoms with Gasteiger partial charge in [0.25, 0.3) is 0 Å². The minimum absolute atomic E-state index is 0.143. The fourth-order valence-electron chi connectivity index (χ4n) is 3.19. The molecule has 29 heavy (non-hydrogen) atoms. The van der Waals surface area contributed by atoms with Crippen LogP contribution in [0.15, 0.2) is 53.7 Å². The van der Waals surface area contributed by atoms with E-state index >= 15 is 0 Å². The van der Waals surface area contributed by atoms with Crippen molar-refractivity contribution in [2.45, 2.75) is 24.9 Å². The number of aryl methyl sites for hydroxylation is 1. The van der Waals surface area contributed by atoms with Gasteiger partial charge in [0, 0.05) is 24.3 Å². The first-order chi connectivity index (χ1) is 14.1. The molecule has 0 radical (unpaired) electrons. The molecule has 4 rings (SSSR count). The largest absolute Gasteiger partial charge is 0.325 e. The number of anilines is 2. The fraction of sp³-hybridized carbons (Fsp3) is 0.250. The highest BCUT2D eigenvalue weighted by molar-refractivity contribution is 7.99. The molecular weight excluding hydrogens is 388 g/mol. The first-order valence-corrected chi connectivity index (χ1v) is 10.3. The topological polar surface area (TPSA) is 93.0 Å². The number of nitrogens with zero attached hydrogens (tertiary/aromatic N) is 5. The molecule has 0 saturated carbocycles. The lowest BCUT2D eigenvalue weighted by atomic mass is 10.2. The second-order valence-electron chi connectivity index (χ2n) is 6.69. The molecule has 9 heteroatoms. The summed E-state index contributed by atoms with van der Waals surface area (Å²) in [5, 5.41) is 15.2. The van der Waals surface area contributed by atoms with Crippen molar-refractivity contribution in [2.75, 3.05) is 22.5 Å². The lowest BCUT2D eigenvalue weighted by Crippen LogP contribution is -2.23. The molecule has 0 aliphatic carbocycles. The van der Waals surface area contributed by atoms with E-state index in [9.17, 15) is 9.59 Å². The summed E-state index contributed by atoms with van der Waals surface area (Å²) in [5.41, 5.74) is 3.47. The van der Waals surface area contributed by atoms with E-state index in [1.807, 2.05) is 43.3 Å². The summed E-state index contributed by atoms with van der Waals surface area (Å²) in [5.74, 6) is 0.169. The number of rotatable bonds is 6. The molecule has 1 aliphatic rings. The van der Waals surface area contributed by atoms with Gasteiger partial charge in [-0.25, -0.2) is 0 Å². The Bertz CT molecular complexity index is 1030. The molecule has 2 aromatic carbocycles. The number of hydrogen-bond donors (Lipinski definition) is 1. The van der Waals surface area contributed by atoms with E-state index in [-0.39, 0.29) is 17.6 Å². The molecule has 1 aliphatic heterocycles. The van der Waals surface area contributed by atoms with E-state index in [2.05, 4.69) is 20.8 Å². The molecular formula is C20H20N6O2S. The molecule has 0 atom stereocenters. The molecule has 2 heterocycles. The third kappa shape index (κ3) is 4.29. The average molecular weight is 408 g/mol. The van der Waals surface area contributed by atoms with Gasteiger partial charge in [-0.2, -0.15) is 4.68 Å². The van der Waals surface area contributed by atoms with Crippen molar-refractivity contribution in [1.29, 1.82) is 0 Å². The fourth-order valence-corrected chi connectivity index (χ4v) is 3.88. The number of amides is 2. The highest BCUT2D eigenvalue weighted by Gasteiger charge is 2.21. The SMILES string of the molecule is Cc1ccccc1-n1nnnc1SCC(=O)Nc1ccc(N2CCCC2=O)cc1. The average Bonchev–Trinajstić information content (AvgIpc) is 3.36. The molecule has 8 nitrogen and oxygen atoms in total. The maximum atomic E-state index is 12.3. The predicted octanol–water partition coefficient (Wildman–Crippen LogP) is 2.83. The molecule has 1 N–H and O–H groups in total. The molecule has 2 amide bonds. The van der Waals surface area contributed by atoms with Crippen LogP contribution in [-0.4, -0.2) is 44.3 Å². The van der Waals surface area contributed by atoms with Gasteiger partial charge in [-0.15, -0.1) is 5.10 Å². The molecule has 3 aromatic rings. The minimum Gasteiger partial charge on any atom is -0.325 e. The van der Waals surface area contributed by atoms with E-state index in [4.69, 9.17) is 0 Å². The molecule has 0 bridgehead atoms. The van der Waals surface area contributed by atoms with Crippen molar-refractivity contribution >= 4 is 35.0 Å². The van der Waals surface area contributed by atoms with Gasteiger partial charge in [-0.1, -0.05) is 30.0 Å². The number of aromatic nitrogens is 4. The van der Waals surface area contributed by atoms with Gasteiger partial charge in [-0.05, 0) is 59.7 Å². The Hall–Kier alpha value is -3.20. The summed E-state index contributed by atoms with van der Waals surface area (Å²) in [6, 6.07) is 15.1. The summed E-state index contributed by atoms with van der Waals surface area (Å²) >= 11 is 1.27. The van der Waals surface area contributed by atoms with Crippen LogP contribution in [0.2, 0.25) is 0 Å². The Morgan fingerprint density at radius 1 is 1.17 bits per heavy atom. The number of hydrogen-bond acceptors (Lipinski definition) is 6. The molecule has 0 spiro atoms. The summed E-state index contributed by atoms with van der Waals surface area (Å²) in [4.78, 5) is 25.9. The van der Waals surface area contributed by atoms with Gasteiger partial charge >= 0.3 is 0 Å². The first-order valence-electron chi connectivity index (χ1n) is 9.29. The number of benzene rings is 2. The van der Waals surface area contributed by atoms with Crippen LogP contribution < -0.4 is 10.2 Å². The predicted molar refractivity (Wildman–Crippen MR) is 111 cm³/mol. The minimum atomic E-state index is -0.153. The van der Waals surface area contributed by atoms with Crippen LogP contribution in [-0.2, 0) is 9.59 Å². The number of para-hydroxylation sites is 1. The lowest BCUT2D eigenvalue weighted by molar-refractivity contribution is -0.117. The Kier molecular flexibility index (Phi) is 5.57. The first kappa shape index (κ1) is 19.1. The molecule has 148 valence electrons. The van der Waals surface area contributed by atoms with E-state index < -0.39 is 0 Å². The van der Waals surface area contributed by atoms with E-state index in [0.29, 0.717) is 17.3 Å². The van der Waals surface area contributed by atoms with Crippen LogP contribution in [0.25, 0.3) is 5.69 Å². The molecule has 1 saturated heterocycles. The van der Waals surface area contributed by atoms with Crippen molar-refractivity contribution in [1.82, 2.24) is 20.2 Å². The lowest BCUT2D eigenvalue weighted by Gasteiger charge is -2.16. The smallest absolute Gasteiger partial charge is 0.234 e. The number of thioether (sulfide) groups is 1. The van der Waals surface area contributed by atoms with Crippen molar-refractivity contribution < 1.29 is 9.59 Å². The van der Waals surface area contributed by atoms with Gasteiger partial charge in [0.15, 0.2) is 0 Å². The highest BCUT2D eigenvalue weighted by Crippen LogP contribution is 2.24. The van der Waals surface area contributed by atoms with Gasteiger partial charge in [0.2, 0.25) is 17.0 Å². The number of carbonyl (C=O) groups excluding carboxylic acids is 2. The molecule has 1 fully saturated rings. The van der Waals surface area contributed by atoms with Crippen LogP contribution in [0.1, 0.15) is 18.4 Å². The third-order valence-electron chi connectivity index (χ3n) is 4.65. The Labute approximate surface area is 172 Å². The van der Waals surface area contributed by atoms with Crippen LogP contribution in [0.5, 0.6) is 0 Å². The zero-order valence-electron chi connectivity index (χ0n) is 15.9. The Balaban J connectivity index is 1.36. The molecule has 0 unspecified atom stereocenters. The third-order valence-corrected chi connectivity index (χ3v) is 5.57. The van der Waals surface area contributed by atoms with Gasteiger partial charge in [0.05, 0.1) is 11.4 Å². The van der Waals surface area contributed by atoms with Gasteiger partial charge in [-0.3, -0.25) is 9.59 Å². The number of nitrogens with one attached hydrogen (secondary N) is 1. The zero-order chi connectivity index (χ0) is 20.2. The number of carbonyl (C=O) groups is 2. The molecule has 1 aromatic heterocycles. The van der Waals surface area contributed by atoms with Gasteiger partial charge < -0.3 is 10.2 Å². The standard InChI is InChI=1S/C20H20N6O2S/c1-14-5-2-3-6-17(14)26-20(22-23-24-26)29-13-18(27)21-15-8-10-16(11-9-15)25-12-4-7-19(25)28/h2-3,5-6,8-11H,4,7,12-13H2,1H3,(H,21,27). The highest BCUT2D eigenvalue weighted by atomic mass is 32.2. The van der Waals surface area contributed by atoms with Crippen LogP contribution in [0.4, 0.5) is 11.4 Å². The van der Waals surface area contributed by atoms with Crippen molar-refractivity contribution in [3.63, 3.8) is 0 Å². The Morgan fingerprint density at radius 3 is 2.69 bits per heavy atom. The van der Waals surface area contributed by atoms with Gasteiger partial charge in [0.1, 0.15) is 0 Å². The van der Waals surface area contributed by atoms with Crippen molar-refractivity contribution in [2.24, 2.45) is 0 Å². The second-order valence-corrected chi connectivity index (χ2v) is 7.63. The van der Waals surface area contributed by atoms with Crippen LogP contribution in [0.3, 0.4) is 0 Å². The van der Waals surface area contributed by atoms with Crippen molar-refractivity contribution in [3.05, 3.63) is 54.1 Å². The summed E-state index contributed by atoms with van der Waals surface area (Å²) in [6.45, 7) is 2.73. The van der Waals surface area contributed by atoms with E-state index in [1.165, 1.54) is 11.8 Å². The van der Waals surface area contributed by atoms with Crippen LogP contribution >= 0.6 is 11.8 Å². The zero-order valence-corrected chi connectivity index (χ0v) is 16.7. The normalized spacial score (nSPS) is 13.7. The second kappa shape index (κ2) is 8.44. The van der Waals surface area contributed by atoms with Crippen LogP contribution in [0, 0.1) is 6.92 Å². The number of tetrazole rings is 1. The summed E-state index contributed by atoms with van der Waals surface area (Å²) < 4.78 is 1.63.